The van der Waals surface area contributed by atoms with Gasteiger partial charge in [0.15, 0.2) is 11.5 Å². The Morgan fingerprint density at radius 2 is 1.85 bits per heavy atom. The van der Waals surface area contributed by atoms with Gasteiger partial charge in [0, 0.05) is 25.8 Å². The number of rotatable bonds is 9. The zero-order valence-electron chi connectivity index (χ0n) is 20.6. The van der Waals surface area contributed by atoms with Gasteiger partial charge in [-0.1, -0.05) is 40.9 Å². The van der Waals surface area contributed by atoms with Crippen LogP contribution in [0.25, 0.3) is 6.08 Å². The number of amides is 3. The minimum Gasteiger partial charge on any atom is -0.490 e. The van der Waals surface area contributed by atoms with Crippen LogP contribution < -0.4 is 14.8 Å². The van der Waals surface area contributed by atoms with Crippen molar-refractivity contribution in [3.8, 4) is 11.5 Å². The maximum atomic E-state index is 13.0. The molecule has 1 aliphatic rings. The molecule has 208 valence electrons. The maximum Gasteiger partial charge on any atom is 0.294 e. The van der Waals surface area contributed by atoms with E-state index in [4.69, 9.17) is 44.3 Å². The third kappa shape index (κ3) is 7.65. The third-order valence-electron chi connectivity index (χ3n) is 5.40. The number of benzene rings is 3. The van der Waals surface area contributed by atoms with Gasteiger partial charge in [0.2, 0.25) is 5.91 Å². The molecule has 0 saturated carbocycles. The number of hydrogen-bond donors (Lipinski definition) is 1. The minimum atomic E-state index is -0.565. The van der Waals surface area contributed by atoms with E-state index < -0.39 is 23.6 Å². The molecule has 0 spiro atoms. The topological polar surface area (TPSA) is 84.9 Å². The van der Waals surface area contributed by atoms with Crippen LogP contribution in [0.3, 0.4) is 0 Å². The minimum absolute atomic E-state index is 0.185. The number of halogens is 5. The first-order valence-electron chi connectivity index (χ1n) is 11.6. The number of hydrogen-bond acceptors (Lipinski definition) is 6. The van der Waals surface area contributed by atoms with Gasteiger partial charge in [-0.15, -0.1) is 0 Å². The second-order valence-electron chi connectivity index (χ2n) is 8.23. The summed E-state index contributed by atoms with van der Waals surface area (Å²) in [6.07, 6.45) is 1.59. The molecule has 1 fully saturated rings. The number of nitrogens with zero attached hydrogens (tertiary/aromatic N) is 1. The number of thioether (sulfide) groups is 1. The molecule has 0 bridgehead atoms. The monoisotopic (exact) mass is 794 g/mol. The first-order valence-corrected chi connectivity index (χ1v) is 15.4. The first kappa shape index (κ1) is 31.0. The van der Waals surface area contributed by atoms with Crippen LogP contribution in [0.4, 0.5) is 10.5 Å². The molecule has 3 aromatic carbocycles. The van der Waals surface area contributed by atoms with E-state index in [1.54, 1.807) is 54.6 Å². The summed E-state index contributed by atoms with van der Waals surface area (Å²) in [6.45, 7) is 1.99. The first-order chi connectivity index (χ1) is 19.0. The highest BCUT2D eigenvalue weighted by molar-refractivity contribution is 14.1. The van der Waals surface area contributed by atoms with Crippen LogP contribution in [0, 0.1) is 3.57 Å². The normalized spacial score (nSPS) is 14.2. The van der Waals surface area contributed by atoms with Crippen molar-refractivity contribution in [1.82, 2.24) is 4.90 Å². The number of carbonyl (C=O) groups excluding carboxylic acids is 3. The summed E-state index contributed by atoms with van der Waals surface area (Å²) < 4.78 is 13.3. The summed E-state index contributed by atoms with van der Waals surface area (Å²) in [5, 5.41) is 3.53. The van der Waals surface area contributed by atoms with Crippen molar-refractivity contribution in [2.75, 3.05) is 18.5 Å². The summed E-state index contributed by atoms with van der Waals surface area (Å²) in [5.41, 5.74) is 1.83. The number of ether oxygens (including phenoxy) is 2. The van der Waals surface area contributed by atoms with Gasteiger partial charge in [0.1, 0.15) is 13.2 Å². The summed E-state index contributed by atoms with van der Waals surface area (Å²) in [6, 6.07) is 13.6. The average molecular weight is 797 g/mol. The van der Waals surface area contributed by atoms with E-state index in [2.05, 4.69) is 43.8 Å². The predicted molar refractivity (Wildman–Crippen MR) is 172 cm³/mol. The van der Waals surface area contributed by atoms with Crippen LogP contribution in [0.1, 0.15) is 18.1 Å². The van der Waals surface area contributed by atoms with E-state index in [1.807, 2.05) is 6.92 Å². The molecule has 3 amide bonds. The third-order valence-corrected chi connectivity index (χ3v) is 8.92. The smallest absolute Gasteiger partial charge is 0.294 e. The molecular weight excluding hydrogens is 778 g/mol. The van der Waals surface area contributed by atoms with Gasteiger partial charge in [-0.3, -0.25) is 19.3 Å². The fourth-order valence-corrected chi connectivity index (χ4v) is 6.08. The molecule has 7 nitrogen and oxygen atoms in total. The molecule has 1 heterocycles. The Kier molecular flexibility index (Phi) is 10.7. The van der Waals surface area contributed by atoms with E-state index in [1.165, 1.54) is 0 Å². The molecule has 0 unspecified atom stereocenters. The summed E-state index contributed by atoms with van der Waals surface area (Å²) in [5.74, 6) is -0.108. The van der Waals surface area contributed by atoms with E-state index in [0.717, 1.165) is 25.8 Å². The van der Waals surface area contributed by atoms with Crippen LogP contribution in [-0.2, 0) is 16.2 Å². The summed E-state index contributed by atoms with van der Waals surface area (Å²) in [4.78, 5) is 39.2. The molecular formula is C27H19BrCl3IN2O5S. The van der Waals surface area contributed by atoms with Crippen LogP contribution in [0.5, 0.6) is 11.5 Å². The van der Waals surface area contributed by atoms with E-state index in [-0.39, 0.29) is 11.5 Å². The highest BCUT2D eigenvalue weighted by Gasteiger charge is 2.36. The van der Waals surface area contributed by atoms with Crippen molar-refractivity contribution in [1.29, 1.82) is 0 Å². The fourth-order valence-electron chi connectivity index (χ4n) is 3.57. The average Bonchev–Trinajstić information content (AvgIpc) is 3.14. The van der Waals surface area contributed by atoms with Crippen molar-refractivity contribution in [3.05, 3.63) is 87.7 Å². The highest BCUT2D eigenvalue weighted by Crippen LogP contribution is 2.38. The zero-order valence-corrected chi connectivity index (χ0v) is 27.4. The lowest BCUT2D eigenvalue weighted by molar-refractivity contribution is -0.127. The molecule has 40 heavy (non-hydrogen) atoms. The molecule has 0 aliphatic carbocycles. The largest absolute Gasteiger partial charge is 0.490 e. The van der Waals surface area contributed by atoms with Gasteiger partial charge < -0.3 is 14.8 Å². The Morgan fingerprint density at radius 1 is 1.07 bits per heavy atom. The Morgan fingerprint density at radius 3 is 2.55 bits per heavy atom. The van der Waals surface area contributed by atoms with Gasteiger partial charge in [0.05, 0.1) is 20.1 Å². The number of nitrogens with one attached hydrogen (secondary N) is 1. The van der Waals surface area contributed by atoms with Crippen molar-refractivity contribution in [2.24, 2.45) is 0 Å². The maximum absolute atomic E-state index is 13.0. The summed E-state index contributed by atoms with van der Waals surface area (Å²) >= 11 is 24.5. The Balaban J connectivity index is 1.49. The molecule has 0 radical (unpaired) electrons. The molecule has 13 heteroatoms. The van der Waals surface area contributed by atoms with Gasteiger partial charge in [-0.05, 0) is 111 Å². The Bertz CT molecular complexity index is 1540. The molecule has 1 aliphatic heterocycles. The lowest BCUT2D eigenvalue weighted by atomic mass is 10.1. The standard InChI is InChI=1S/C27H19BrCl3IN2O5S/c1-2-38-22-8-14(7-21(32)25(22)39-13-15-3-4-16(29)10-19(15)30)9-23-26(36)34(27(37)40-23)12-24(35)33-17-5-6-18(28)20(31)11-17/h3-11H,2,12-13H2,1H3,(H,33,35)/b23-9+. The number of carbonyl (C=O) groups is 3. The Hall–Kier alpha value is -1.96. The molecule has 0 aromatic heterocycles. The fraction of sp³-hybridized carbons (Fsp3) is 0.148. The molecule has 3 aromatic rings. The van der Waals surface area contributed by atoms with Gasteiger partial charge in [0.25, 0.3) is 11.1 Å². The molecule has 4 rings (SSSR count). The summed E-state index contributed by atoms with van der Waals surface area (Å²) in [7, 11) is 0. The number of imide groups is 1. The van der Waals surface area contributed by atoms with Crippen molar-refractivity contribution >= 4 is 114 Å². The van der Waals surface area contributed by atoms with E-state index in [0.29, 0.717) is 48.9 Å². The van der Waals surface area contributed by atoms with E-state index >= 15 is 0 Å². The molecule has 1 saturated heterocycles. The second-order valence-corrected chi connectivity index (χ2v) is 12.5. The van der Waals surface area contributed by atoms with Crippen molar-refractivity contribution < 1.29 is 23.9 Å². The van der Waals surface area contributed by atoms with Crippen LogP contribution in [0.2, 0.25) is 15.1 Å². The SMILES string of the molecule is CCOc1cc(/C=C2/SC(=O)N(CC(=O)Nc3ccc(Br)c(Cl)c3)C2=O)cc(I)c1OCc1ccc(Cl)cc1Cl. The predicted octanol–water partition coefficient (Wildman–Crippen LogP) is 8.67. The van der Waals surface area contributed by atoms with Gasteiger partial charge in [-0.25, -0.2) is 0 Å². The molecule has 0 atom stereocenters. The number of anilines is 1. The van der Waals surface area contributed by atoms with Crippen molar-refractivity contribution in [3.63, 3.8) is 0 Å². The Labute approximate surface area is 271 Å². The molecule has 1 N–H and O–H groups in total. The van der Waals surface area contributed by atoms with Gasteiger partial charge >= 0.3 is 0 Å². The van der Waals surface area contributed by atoms with E-state index in [9.17, 15) is 14.4 Å². The van der Waals surface area contributed by atoms with Crippen molar-refractivity contribution in [2.45, 2.75) is 13.5 Å². The lowest BCUT2D eigenvalue weighted by Gasteiger charge is -2.15. The second kappa shape index (κ2) is 13.8. The highest BCUT2D eigenvalue weighted by atomic mass is 127. The zero-order chi connectivity index (χ0) is 29.0. The quantitative estimate of drug-likeness (QED) is 0.173. The lowest BCUT2D eigenvalue weighted by Crippen LogP contribution is -2.36. The van der Waals surface area contributed by atoms with Crippen LogP contribution in [0.15, 0.2) is 57.9 Å². The van der Waals surface area contributed by atoms with Crippen LogP contribution >= 0.6 is 85.1 Å². The van der Waals surface area contributed by atoms with Crippen LogP contribution in [-0.4, -0.2) is 35.1 Å². The van der Waals surface area contributed by atoms with Gasteiger partial charge in [-0.2, -0.15) is 0 Å².